The number of hydrogen-bond acceptors (Lipinski definition) is 2. The molecule has 3 heteroatoms. The van der Waals surface area contributed by atoms with Gasteiger partial charge in [0, 0.05) is 18.8 Å². The summed E-state index contributed by atoms with van der Waals surface area (Å²) >= 11 is 0. The smallest absolute Gasteiger partial charge is 0.0948 e. The Labute approximate surface area is 97.3 Å². The van der Waals surface area contributed by atoms with Crippen molar-refractivity contribution in [2.24, 2.45) is 5.41 Å². The molecule has 0 spiro atoms. The van der Waals surface area contributed by atoms with Crippen LogP contribution in [-0.4, -0.2) is 16.1 Å². The van der Waals surface area contributed by atoms with E-state index in [1.165, 1.54) is 44.3 Å². The number of imidazole rings is 1. The maximum atomic E-state index is 4.34. The minimum atomic E-state index is 0.551. The summed E-state index contributed by atoms with van der Waals surface area (Å²) in [7, 11) is 0. The summed E-state index contributed by atoms with van der Waals surface area (Å²) in [4.78, 5) is 4.34. The van der Waals surface area contributed by atoms with Gasteiger partial charge in [0.25, 0.3) is 0 Å². The van der Waals surface area contributed by atoms with Crippen LogP contribution in [0.15, 0.2) is 12.5 Å². The first kappa shape index (κ1) is 10.3. The van der Waals surface area contributed by atoms with Crippen LogP contribution in [0, 0.1) is 5.41 Å². The van der Waals surface area contributed by atoms with Crippen LogP contribution in [0.4, 0.5) is 0 Å². The van der Waals surface area contributed by atoms with Crippen molar-refractivity contribution in [3.63, 3.8) is 0 Å². The summed E-state index contributed by atoms with van der Waals surface area (Å²) in [5, 5.41) is 3.56. The molecule has 88 valence electrons. The molecule has 1 aromatic rings. The summed E-state index contributed by atoms with van der Waals surface area (Å²) in [5.74, 6) is 0. The molecule has 2 heterocycles. The molecular weight excluding hydrogens is 198 g/mol. The van der Waals surface area contributed by atoms with Gasteiger partial charge in [0.2, 0.25) is 0 Å². The van der Waals surface area contributed by atoms with Crippen molar-refractivity contribution in [3.05, 3.63) is 18.2 Å². The van der Waals surface area contributed by atoms with E-state index in [-0.39, 0.29) is 0 Å². The molecule has 0 amide bonds. The quantitative estimate of drug-likeness (QED) is 0.843. The van der Waals surface area contributed by atoms with Gasteiger partial charge in [0.15, 0.2) is 0 Å². The highest BCUT2D eigenvalue weighted by Gasteiger charge is 2.41. The van der Waals surface area contributed by atoms with E-state index in [4.69, 9.17) is 0 Å². The van der Waals surface area contributed by atoms with E-state index >= 15 is 0 Å². The van der Waals surface area contributed by atoms with Gasteiger partial charge in [-0.05, 0) is 44.1 Å². The zero-order valence-corrected chi connectivity index (χ0v) is 10.1. The van der Waals surface area contributed by atoms with Crippen LogP contribution in [0.1, 0.15) is 50.8 Å². The van der Waals surface area contributed by atoms with E-state index in [0.717, 1.165) is 6.54 Å². The largest absolute Gasteiger partial charge is 0.333 e. The molecule has 3 nitrogen and oxygen atoms in total. The van der Waals surface area contributed by atoms with E-state index in [1.807, 2.05) is 6.33 Å². The normalized spacial score (nSPS) is 27.2. The fraction of sp³-hybridized carbons (Fsp3) is 0.769. The third-order valence-corrected chi connectivity index (χ3v) is 4.37. The molecule has 0 aromatic carbocycles. The van der Waals surface area contributed by atoms with Crippen molar-refractivity contribution in [2.45, 2.75) is 51.6 Å². The molecule has 2 aliphatic rings. The highest BCUT2D eigenvalue weighted by molar-refractivity contribution is 5.09. The first-order chi connectivity index (χ1) is 7.83. The van der Waals surface area contributed by atoms with E-state index in [0.29, 0.717) is 11.5 Å². The number of hydrogen-bond donors (Lipinski definition) is 1. The highest BCUT2D eigenvalue weighted by atomic mass is 15.1. The molecule has 1 atom stereocenters. The van der Waals surface area contributed by atoms with Crippen molar-refractivity contribution in [2.75, 3.05) is 6.54 Å². The van der Waals surface area contributed by atoms with E-state index in [9.17, 15) is 0 Å². The van der Waals surface area contributed by atoms with Crippen molar-refractivity contribution >= 4 is 0 Å². The van der Waals surface area contributed by atoms with Gasteiger partial charge in [-0.3, -0.25) is 0 Å². The Morgan fingerprint density at radius 2 is 2.44 bits per heavy atom. The second-order valence-corrected chi connectivity index (χ2v) is 5.45. The summed E-state index contributed by atoms with van der Waals surface area (Å²) < 4.78 is 2.39. The van der Waals surface area contributed by atoms with Gasteiger partial charge in [0.05, 0.1) is 12.0 Å². The van der Waals surface area contributed by atoms with Gasteiger partial charge in [-0.15, -0.1) is 0 Å². The molecule has 1 aliphatic carbocycles. The molecule has 1 aromatic heterocycles. The van der Waals surface area contributed by atoms with Crippen LogP contribution < -0.4 is 5.32 Å². The fourth-order valence-corrected chi connectivity index (χ4v) is 2.85. The predicted octanol–water partition coefficient (Wildman–Crippen LogP) is 2.50. The molecule has 16 heavy (non-hydrogen) atoms. The topological polar surface area (TPSA) is 29.9 Å². The van der Waals surface area contributed by atoms with E-state index < -0.39 is 0 Å². The van der Waals surface area contributed by atoms with Crippen molar-refractivity contribution < 1.29 is 0 Å². The summed E-state index contributed by atoms with van der Waals surface area (Å²) in [5.41, 5.74) is 2.01. The van der Waals surface area contributed by atoms with Gasteiger partial charge in [0.1, 0.15) is 0 Å². The third kappa shape index (κ3) is 1.77. The molecule has 0 bridgehead atoms. The summed E-state index contributed by atoms with van der Waals surface area (Å²) in [6.07, 6.45) is 10.8. The van der Waals surface area contributed by atoms with Gasteiger partial charge in [-0.25, -0.2) is 4.98 Å². The molecular formula is C13H21N3. The van der Waals surface area contributed by atoms with Gasteiger partial charge in [-0.2, -0.15) is 0 Å². The molecule has 1 N–H and O–H groups in total. The van der Waals surface area contributed by atoms with E-state index in [1.54, 1.807) is 0 Å². The lowest BCUT2D eigenvalue weighted by Gasteiger charge is -2.18. The van der Waals surface area contributed by atoms with Crippen molar-refractivity contribution in [1.29, 1.82) is 0 Å². The molecule has 2 fully saturated rings. The molecule has 1 unspecified atom stereocenters. The lowest BCUT2D eigenvalue weighted by atomic mass is 10.0. The number of nitrogens with one attached hydrogen (secondary N) is 1. The Balaban J connectivity index is 1.77. The lowest BCUT2D eigenvalue weighted by Crippen LogP contribution is -2.19. The Morgan fingerprint density at radius 1 is 1.56 bits per heavy atom. The van der Waals surface area contributed by atoms with Crippen LogP contribution in [0.25, 0.3) is 0 Å². The minimum absolute atomic E-state index is 0.551. The number of nitrogens with zero attached hydrogens (tertiary/aromatic N) is 2. The molecule has 1 saturated carbocycles. The Morgan fingerprint density at radius 3 is 3.06 bits per heavy atom. The van der Waals surface area contributed by atoms with Gasteiger partial charge >= 0.3 is 0 Å². The molecule has 1 saturated heterocycles. The zero-order chi connectivity index (χ0) is 11.0. The van der Waals surface area contributed by atoms with E-state index in [2.05, 4.69) is 28.0 Å². The van der Waals surface area contributed by atoms with Crippen LogP contribution in [0.2, 0.25) is 0 Å². The van der Waals surface area contributed by atoms with Crippen LogP contribution in [0.3, 0.4) is 0 Å². The molecule has 3 rings (SSSR count). The Kier molecular flexibility index (Phi) is 2.51. The molecule has 0 radical (unpaired) electrons. The van der Waals surface area contributed by atoms with Crippen LogP contribution >= 0.6 is 0 Å². The average molecular weight is 219 g/mol. The summed E-state index contributed by atoms with van der Waals surface area (Å²) in [6, 6.07) is 0.551. The molecule has 1 aliphatic heterocycles. The van der Waals surface area contributed by atoms with Crippen molar-refractivity contribution in [3.8, 4) is 0 Å². The fourth-order valence-electron chi connectivity index (χ4n) is 2.85. The summed E-state index contributed by atoms with van der Waals surface area (Å²) in [6.45, 7) is 4.66. The minimum Gasteiger partial charge on any atom is -0.333 e. The first-order valence-electron chi connectivity index (χ1n) is 6.56. The number of rotatable bonds is 4. The standard InChI is InChI=1S/C13H21N3/c1-2-13(5-6-13)9-16-10-14-8-12(16)11-4-3-7-15-11/h8,10-11,15H,2-7,9H2,1H3. The predicted molar refractivity (Wildman–Crippen MR) is 64.2 cm³/mol. The first-order valence-corrected chi connectivity index (χ1v) is 6.56. The highest BCUT2D eigenvalue weighted by Crippen LogP contribution is 2.50. The lowest BCUT2D eigenvalue weighted by molar-refractivity contribution is 0.393. The van der Waals surface area contributed by atoms with Crippen molar-refractivity contribution in [1.82, 2.24) is 14.9 Å². The Hall–Kier alpha value is -0.830. The zero-order valence-electron chi connectivity index (χ0n) is 10.1. The second-order valence-electron chi connectivity index (χ2n) is 5.45. The average Bonchev–Trinajstić information content (AvgIpc) is 2.71. The maximum absolute atomic E-state index is 4.34. The van der Waals surface area contributed by atoms with Gasteiger partial charge < -0.3 is 9.88 Å². The van der Waals surface area contributed by atoms with Gasteiger partial charge in [-0.1, -0.05) is 6.92 Å². The maximum Gasteiger partial charge on any atom is 0.0948 e. The van der Waals surface area contributed by atoms with Crippen LogP contribution in [-0.2, 0) is 6.54 Å². The second kappa shape index (κ2) is 3.88. The monoisotopic (exact) mass is 219 g/mol. The third-order valence-electron chi connectivity index (χ3n) is 4.37. The van der Waals surface area contributed by atoms with Crippen LogP contribution in [0.5, 0.6) is 0 Å². The SMILES string of the molecule is CCC1(Cn2cncc2C2CCCN2)CC1. The number of aromatic nitrogens is 2. The Bertz CT molecular complexity index is 359.